The Morgan fingerprint density at radius 2 is 2.04 bits per heavy atom. The van der Waals surface area contributed by atoms with Gasteiger partial charge in [-0.1, -0.05) is 12.1 Å². The average Bonchev–Trinajstić information content (AvgIpc) is 3.14. The first-order valence-corrected chi connectivity index (χ1v) is 7.85. The van der Waals surface area contributed by atoms with Gasteiger partial charge in [-0.05, 0) is 24.3 Å². The molecule has 0 radical (unpaired) electrons. The van der Waals surface area contributed by atoms with Crippen LogP contribution >= 0.6 is 0 Å². The van der Waals surface area contributed by atoms with Gasteiger partial charge in [-0.3, -0.25) is 5.73 Å². The van der Waals surface area contributed by atoms with Crippen LogP contribution in [-0.4, -0.2) is 30.3 Å². The first kappa shape index (κ1) is 15.6. The van der Waals surface area contributed by atoms with Crippen LogP contribution in [0.3, 0.4) is 0 Å². The minimum atomic E-state index is -0.726. The summed E-state index contributed by atoms with van der Waals surface area (Å²) >= 11 is 0. The largest absolute Gasteiger partial charge is 0.466 e. The molecule has 0 amide bonds. The van der Waals surface area contributed by atoms with Gasteiger partial charge in [-0.15, -0.1) is 0 Å². The quantitative estimate of drug-likeness (QED) is 0.560. The van der Waals surface area contributed by atoms with Crippen molar-refractivity contribution in [1.29, 1.82) is 0 Å². The number of imidazole rings is 1. The number of para-hydroxylation sites is 2. The van der Waals surface area contributed by atoms with Gasteiger partial charge in [0, 0.05) is 0 Å². The lowest BCUT2D eigenvalue weighted by molar-refractivity contribution is -0.858. The molecule has 122 valence electrons. The van der Waals surface area contributed by atoms with Crippen LogP contribution in [0.15, 0.2) is 47.1 Å². The van der Waals surface area contributed by atoms with Crippen LogP contribution in [0.2, 0.25) is 0 Å². The first-order chi connectivity index (χ1) is 11.1. The summed E-state index contributed by atoms with van der Waals surface area (Å²) in [6, 6.07) is 11.6. The maximum Gasteiger partial charge on any atom is 0.356 e. The maximum absolute atomic E-state index is 10.4. The van der Waals surface area contributed by atoms with Crippen molar-refractivity contribution in [2.24, 2.45) is 0 Å². The number of nitrogen functional groups attached to an aromatic ring is 1. The summed E-state index contributed by atoms with van der Waals surface area (Å²) in [4.78, 5) is 1.37. The smallest absolute Gasteiger partial charge is 0.356 e. The second-order valence-corrected chi connectivity index (χ2v) is 6.10. The molecule has 3 rings (SSSR count). The Bertz CT molecular complexity index is 777. The molecule has 6 heteroatoms. The van der Waals surface area contributed by atoms with Gasteiger partial charge >= 0.3 is 5.95 Å². The van der Waals surface area contributed by atoms with E-state index in [0.717, 1.165) is 24.1 Å². The number of nitrogens with zero attached hydrogens (tertiary/aromatic N) is 2. The number of fused-ring (bicyclic) bond motifs is 1. The number of aromatic nitrogens is 2. The number of hydrogen-bond acceptors (Lipinski definition) is 3. The molecule has 0 aliphatic heterocycles. The molecule has 0 bridgehead atoms. The summed E-state index contributed by atoms with van der Waals surface area (Å²) in [7, 11) is 4.24. The molecule has 6 nitrogen and oxygen atoms in total. The highest BCUT2D eigenvalue weighted by Gasteiger charge is 2.24. The minimum absolute atomic E-state index is 0.363. The summed E-state index contributed by atoms with van der Waals surface area (Å²) in [5.41, 5.74) is 8.48. The summed E-state index contributed by atoms with van der Waals surface area (Å²) in [6.07, 6.45) is 0.839. The number of hydrogen-bond donors (Lipinski definition) is 3. The number of quaternary nitrogens is 1. The molecule has 0 aliphatic carbocycles. The van der Waals surface area contributed by atoms with Crippen LogP contribution in [0.25, 0.3) is 11.0 Å². The van der Waals surface area contributed by atoms with Crippen LogP contribution in [0.5, 0.6) is 0 Å². The van der Waals surface area contributed by atoms with E-state index in [1.54, 1.807) is 18.4 Å². The van der Waals surface area contributed by atoms with Gasteiger partial charge in [-0.25, -0.2) is 9.13 Å². The molecule has 0 saturated heterocycles. The molecule has 2 aromatic heterocycles. The van der Waals surface area contributed by atoms with E-state index >= 15 is 0 Å². The highest BCUT2D eigenvalue weighted by Crippen LogP contribution is 2.19. The molecule has 3 aromatic rings. The van der Waals surface area contributed by atoms with Gasteiger partial charge in [0.25, 0.3) is 0 Å². The third-order valence-electron chi connectivity index (χ3n) is 4.08. The Morgan fingerprint density at radius 3 is 2.74 bits per heavy atom. The van der Waals surface area contributed by atoms with Crippen LogP contribution in [0.1, 0.15) is 11.9 Å². The fourth-order valence-corrected chi connectivity index (χ4v) is 2.82. The predicted molar refractivity (Wildman–Crippen MR) is 87.9 cm³/mol. The van der Waals surface area contributed by atoms with Crippen LogP contribution in [-0.2, 0) is 13.1 Å². The zero-order chi connectivity index (χ0) is 16.4. The zero-order valence-electron chi connectivity index (χ0n) is 13.6. The van der Waals surface area contributed by atoms with Crippen molar-refractivity contribution in [1.82, 2.24) is 4.57 Å². The second kappa shape index (κ2) is 6.44. The van der Waals surface area contributed by atoms with Crippen LogP contribution < -0.4 is 15.2 Å². The SMILES string of the molecule is C[NH+](C)CCn1c(N)[n+](CC(O)c2ccco2)c2ccccc21. The Kier molecular flexibility index (Phi) is 4.36. The molecule has 23 heavy (non-hydrogen) atoms. The molecule has 4 N–H and O–H groups in total. The Balaban J connectivity index is 1.97. The molecule has 1 atom stereocenters. The van der Waals surface area contributed by atoms with Crippen molar-refractivity contribution >= 4 is 17.0 Å². The maximum atomic E-state index is 10.4. The van der Waals surface area contributed by atoms with E-state index in [1.165, 1.54) is 4.90 Å². The standard InChI is InChI=1S/C17H22N4O2/c1-19(2)9-10-20-13-6-3-4-7-14(13)21(17(20)18)12-15(22)16-8-5-11-23-16/h3-8,11,15,18,22H,9-10,12H2,1-2H3/p+2. The normalized spacial score (nSPS) is 13.0. The molecule has 0 fully saturated rings. The van der Waals surface area contributed by atoms with Crippen molar-refractivity contribution in [3.8, 4) is 0 Å². The summed E-state index contributed by atoms with van der Waals surface area (Å²) in [5, 5.41) is 10.4. The fraction of sp³-hybridized carbons (Fsp3) is 0.353. The number of nitrogens with two attached hydrogens (primary N) is 1. The van der Waals surface area contributed by atoms with Crippen molar-refractivity contribution < 1.29 is 19.0 Å². The highest BCUT2D eigenvalue weighted by atomic mass is 16.4. The van der Waals surface area contributed by atoms with Crippen molar-refractivity contribution in [3.63, 3.8) is 0 Å². The fourth-order valence-electron chi connectivity index (χ4n) is 2.82. The topological polar surface area (TPSA) is 72.6 Å². The number of aliphatic hydroxyl groups excluding tert-OH is 1. The van der Waals surface area contributed by atoms with Crippen molar-refractivity contribution in [2.75, 3.05) is 26.4 Å². The minimum Gasteiger partial charge on any atom is -0.466 e. The van der Waals surface area contributed by atoms with E-state index in [4.69, 9.17) is 10.2 Å². The Hall–Kier alpha value is -2.31. The van der Waals surface area contributed by atoms with Gasteiger partial charge in [0.1, 0.15) is 42.5 Å². The van der Waals surface area contributed by atoms with Gasteiger partial charge < -0.3 is 14.4 Å². The van der Waals surface area contributed by atoms with Crippen molar-refractivity contribution in [2.45, 2.75) is 19.2 Å². The molecule has 0 spiro atoms. The predicted octanol–water partition coefficient (Wildman–Crippen LogP) is -0.0179. The summed E-state index contributed by atoms with van der Waals surface area (Å²) in [6.45, 7) is 2.17. The number of aliphatic hydroxyl groups is 1. The second-order valence-electron chi connectivity index (χ2n) is 6.10. The number of nitrogens with one attached hydrogen (secondary N) is 1. The number of furan rings is 1. The number of anilines is 1. The van der Waals surface area contributed by atoms with Crippen LogP contribution in [0.4, 0.5) is 5.95 Å². The highest BCUT2D eigenvalue weighted by molar-refractivity contribution is 5.73. The van der Waals surface area contributed by atoms with Crippen LogP contribution in [0, 0.1) is 0 Å². The molecule has 0 saturated carbocycles. The van der Waals surface area contributed by atoms with Gasteiger partial charge in [0.2, 0.25) is 0 Å². The Morgan fingerprint density at radius 1 is 1.26 bits per heavy atom. The van der Waals surface area contributed by atoms with E-state index in [0.29, 0.717) is 18.3 Å². The molecular weight excluding hydrogens is 292 g/mol. The van der Waals surface area contributed by atoms with Gasteiger partial charge in [0.15, 0.2) is 0 Å². The number of likely N-dealkylation sites (N-methyl/N-ethyl adjacent to an activating group) is 1. The lowest BCUT2D eigenvalue weighted by atomic mass is 10.2. The Labute approximate surface area is 135 Å². The lowest BCUT2D eigenvalue weighted by Gasteiger charge is -2.08. The number of benzene rings is 1. The molecular formula is C17H24N4O2+2. The average molecular weight is 316 g/mol. The third-order valence-corrected chi connectivity index (χ3v) is 4.08. The van der Waals surface area contributed by atoms with E-state index < -0.39 is 6.10 Å². The number of rotatable bonds is 6. The van der Waals surface area contributed by atoms with E-state index in [2.05, 4.69) is 24.7 Å². The summed E-state index contributed by atoms with van der Waals surface area (Å²) in [5.74, 6) is 1.20. The summed E-state index contributed by atoms with van der Waals surface area (Å²) < 4.78 is 9.35. The lowest BCUT2D eigenvalue weighted by Crippen LogP contribution is -3.06. The van der Waals surface area contributed by atoms with E-state index in [1.807, 2.05) is 22.8 Å². The van der Waals surface area contributed by atoms with E-state index in [9.17, 15) is 5.11 Å². The molecule has 0 aliphatic rings. The van der Waals surface area contributed by atoms with E-state index in [-0.39, 0.29) is 0 Å². The van der Waals surface area contributed by atoms with Crippen molar-refractivity contribution in [3.05, 3.63) is 48.4 Å². The van der Waals surface area contributed by atoms with Gasteiger partial charge in [0.05, 0.1) is 20.4 Å². The third kappa shape index (κ3) is 3.09. The van der Waals surface area contributed by atoms with Gasteiger partial charge in [-0.2, -0.15) is 0 Å². The monoisotopic (exact) mass is 316 g/mol. The molecule has 1 aromatic carbocycles. The zero-order valence-corrected chi connectivity index (χ0v) is 13.6. The molecule has 2 heterocycles. The first-order valence-electron chi connectivity index (χ1n) is 7.85. The molecule has 1 unspecified atom stereocenters.